The zero-order valence-corrected chi connectivity index (χ0v) is 8.22. The van der Waals surface area contributed by atoms with Gasteiger partial charge in [-0.05, 0) is 6.42 Å². The first kappa shape index (κ1) is 15.4. The van der Waals surface area contributed by atoms with Crippen molar-refractivity contribution < 1.29 is 35.1 Å². The third kappa shape index (κ3) is 2.57. The smallest absolute Gasteiger partial charge is 0.203 e. The molecule has 0 unspecified atom stereocenters. The van der Waals surface area contributed by atoms with Gasteiger partial charge in [0.2, 0.25) is 0 Å². The normalized spacial score (nSPS) is 14.6. The lowest BCUT2D eigenvalue weighted by atomic mass is 10.00. The van der Waals surface area contributed by atoms with Crippen molar-refractivity contribution in [1.29, 1.82) is 0 Å². The van der Waals surface area contributed by atoms with E-state index in [0.29, 0.717) is 0 Å². The molecule has 0 N–H and O–H groups in total. The molecule has 0 aliphatic rings. The van der Waals surface area contributed by atoms with Crippen molar-refractivity contribution in [1.82, 2.24) is 0 Å². The van der Waals surface area contributed by atoms with E-state index in [-0.39, 0.29) is 6.42 Å². The average molecular weight is 258 g/mol. The summed E-state index contributed by atoms with van der Waals surface area (Å²) in [6.45, 7) is 1.37. The van der Waals surface area contributed by atoms with Gasteiger partial charge in [0.15, 0.2) is 0 Å². The van der Waals surface area contributed by atoms with Gasteiger partial charge in [-0.25, -0.2) is 8.78 Å². The van der Waals surface area contributed by atoms with E-state index < -0.39 is 37.0 Å². The zero-order valence-electron chi connectivity index (χ0n) is 8.22. The molecular weight excluding hydrogens is 248 g/mol. The second kappa shape index (κ2) is 4.75. The van der Waals surface area contributed by atoms with Crippen LogP contribution in [0.15, 0.2) is 0 Å². The quantitative estimate of drug-likeness (QED) is 0.621. The highest BCUT2D eigenvalue weighted by molar-refractivity contribution is 4.97. The summed E-state index contributed by atoms with van der Waals surface area (Å²) in [6, 6.07) is 0. The van der Waals surface area contributed by atoms with Gasteiger partial charge in [-0.3, -0.25) is 0 Å². The number of unbranched alkanes of at least 4 members (excludes halogenated alkanes) is 1. The molecule has 0 aliphatic heterocycles. The number of hydrogen-bond acceptors (Lipinski definition) is 0. The topological polar surface area (TPSA) is 0 Å². The van der Waals surface area contributed by atoms with Crippen LogP contribution in [-0.2, 0) is 0 Å². The van der Waals surface area contributed by atoms with Crippen LogP contribution in [0.1, 0.15) is 26.2 Å². The van der Waals surface area contributed by atoms with E-state index in [1.165, 1.54) is 6.92 Å². The van der Waals surface area contributed by atoms with Gasteiger partial charge in [-0.1, -0.05) is 13.3 Å². The number of alkyl halides is 8. The van der Waals surface area contributed by atoms with Crippen molar-refractivity contribution in [3.8, 4) is 0 Å². The molecule has 0 saturated heterocycles. The van der Waals surface area contributed by atoms with Crippen LogP contribution in [-0.4, -0.2) is 24.2 Å². The van der Waals surface area contributed by atoms with E-state index in [0.717, 1.165) is 0 Å². The second-order valence-corrected chi connectivity index (χ2v) is 3.31. The van der Waals surface area contributed by atoms with Crippen molar-refractivity contribution >= 4 is 0 Å². The van der Waals surface area contributed by atoms with Gasteiger partial charge in [0.05, 0.1) is 0 Å². The zero-order chi connectivity index (χ0) is 13.2. The number of rotatable bonds is 6. The second-order valence-electron chi connectivity index (χ2n) is 3.31. The SMILES string of the molecule is CCCCC(F)(F)C(F)(F)C(F)(F)C(F)F. The molecule has 0 amide bonds. The molecular formula is C8H10F8. The molecule has 0 spiro atoms. The van der Waals surface area contributed by atoms with Gasteiger partial charge < -0.3 is 0 Å². The van der Waals surface area contributed by atoms with Gasteiger partial charge in [0.25, 0.3) is 0 Å². The lowest BCUT2D eigenvalue weighted by Crippen LogP contribution is -2.57. The molecule has 0 aromatic rings. The largest absolute Gasteiger partial charge is 0.377 e. The Morgan fingerprint density at radius 2 is 1.38 bits per heavy atom. The molecule has 98 valence electrons. The number of hydrogen-bond donors (Lipinski definition) is 0. The highest BCUT2D eigenvalue weighted by Gasteiger charge is 2.74. The summed E-state index contributed by atoms with van der Waals surface area (Å²) in [5.74, 6) is -17.2. The first-order valence-corrected chi connectivity index (χ1v) is 4.42. The molecule has 0 fully saturated rings. The lowest BCUT2D eigenvalue weighted by Gasteiger charge is -2.32. The molecule has 0 nitrogen and oxygen atoms in total. The molecule has 16 heavy (non-hydrogen) atoms. The van der Waals surface area contributed by atoms with Crippen LogP contribution in [0.25, 0.3) is 0 Å². The van der Waals surface area contributed by atoms with Gasteiger partial charge in [-0.15, -0.1) is 0 Å². The minimum absolute atomic E-state index is 0.0614. The Kier molecular flexibility index (Phi) is 4.58. The van der Waals surface area contributed by atoms with E-state index >= 15 is 0 Å². The van der Waals surface area contributed by atoms with Crippen LogP contribution >= 0.6 is 0 Å². The third-order valence-corrected chi connectivity index (χ3v) is 2.00. The Hall–Kier alpha value is -0.560. The fraction of sp³-hybridized carbons (Fsp3) is 1.00. The first-order valence-electron chi connectivity index (χ1n) is 4.42. The fourth-order valence-corrected chi connectivity index (χ4v) is 0.937. The van der Waals surface area contributed by atoms with Crippen molar-refractivity contribution in [3.63, 3.8) is 0 Å². The molecule has 0 rings (SSSR count). The molecule has 8 heteroatoms. The van der Waals surface area contributed by atoms with E-state index in [1.54, 1.807) is 0 Å². The summed E-state index contributed by atoms with van der Waals surface area (Å²) in [4.78, 5) is 0. The van der Waals surface area contributed by atoms with Crippen molar-refractivity contribution in [2.75, 3.05) is 0 Å². The summed E-state index contributed by atoms with van der Waals surface area (Å²) in [5.41, 5.74) is 0. The van der Waals surface area contributed by atoms with Crippen LogP contribution in [0, 0.1) is 0 Å². The summed E-state index contributed by atoms with van der Waals surface area (Å²) >= 11 is 0. The van der Waals surface area contributed by atoms with Gasteiger partial charge in [0, 0.05) is 6.42 Å². The maximum atomic E-state index is 12.7. The van der Waals surface area contributed by atoms with Crippen LogP contribution in [0.4, 0.5) is 35.1 Å². The van der Waals surface area contributed by atoms with Crippen molar-refractivity contribution in [2.45, 2.75) is 50.4 Å². The van der Waals surface area contributed by atoms with Crippen LogP contribution in [0.3, 0.4) is 0 Å². The summed E-state index contributed by atoms with van der Waals surface area (Å²) in [7, 11) is 0. The summed E-state index contributed by atoms with van der Waals surface area (Å²) in [6.07, 6.45) is -6.79. The minimum atomic E-state index is -6.05. The van der Waals surface area contributed by atoms with Crippen molar-refractivity contribution in [3.05, 3.63) is 0 Å². The molecule has 0 aromatic heterocycles. The highest BCUT2D eigenvalue weighted by Crippen LogP contribution is 2.50. The Balaban J connectivity index is 5.01. The fourth-order valence-electron chi connectivity index (χ4n) is 0.937. The number of halogens is 8. The van der Waals surface area contributed by atoms with Crippen LogP contribution in [0.2, 0.25) is 0 Å². The van der Waals surface area contributed by atoms with E-state index in [4.69, 9.17) is 0 Å². The van der Waals surface area contributed by atoms with Crippen molar-refractivity contribution in [2.24, 2.45) is 0 Å². The summed E-state index contributed by atoms with van der Waals surface area (Å²) in [5, 5.41) is 0. The maximum absolute atomic E-state index is 12.7. The third-order valence-electron chi connectivity index (χ3n) is 2.00. The molecule has 0 aliphatic carbocycles. The van der Waals surface area contributed by atoms with Gasteiger partial charge in [0.1, 0.15) is 0 Å². The summed E-state index contributed by atoms with van der Waals surface area (Å²) < 4.78 is 98.2. The monoisotopic (exact) mass is 258 g/mol. The molecule has 0 atom stereocenters. The Morgan fingerprint density at radius 1 is 0.938 bits per heavy atom. The van der Waals surface area contributed by atoms with E-state index in [1.807, 2.05) is 0 Å². The first-order chi connectivity index (χ1) is 7.00. The Morgan fingerprint density at radius 3 is 1.69 bits per heavy atom. The Labute approximate surface area is 86.6 Å². The lowest BCUT2D eigenvalue weighted by molar-refractivity contribution is -0.339. The molecule has 0 aromatic carbocycles. The highest BCUT2D eigenvalue weighted by atomic mass is 19.4. The standard InChI is InChI=1S/C8H10F8/c1-2-3-4-6(11,12)8(15,16)7(13,14)5(9)10/h5H,2-4H2,1H3. The average Bonchev–Trinajstić information content (AvgIpc) is 2.13. The minimum Gasteiger partial charge on any atom is -0.203 e. The molecule has 0 radical (unpaired) electrons. The molecule has 0 saturated carbocycles. The van der Waals surface area contributed by atoms with E-state index in [2.05, 4.69) is 0 Å². The molecule has 0 heterocycles. The van der Waals surface area contributed by atoms with Gasteiger partial charge in [-0.2, -0.15) is 26.3 Å². The van der Waals surface area contributed by atoms with Crippen LogP contribution in [0.5, 0.6) is 0 Å². The predicted octanol–water partition coefficient (Wildman–Crippen LogP) is 4.35. The van der Waals surface area contributed by atoms with Crippen LogP contribution < -0.4 is 0 Å². The van der Waals surface area contributed by atoms with Gasteiger partial charge >= 0.3 is 24.2 Å². The Bertz CT molecular complexity index is 222. The predicted molar refractivity (Wildman–Crippen MR) is 40.4 cm³/mol. The van der Waals surface area contributed by atoms with E-state index in [9.17, 15) is 35.1 Å². The molecule has 0 bridgehead atoms. The maximum Gasteiger partial charge on any atom is 0.377 e.